The first-order valence-corrected chi connectivity index (χ1v) is 11.4. The molecule has 0 aliphatic carbocycles. The maximum absolute atomic E-state index is 13.3. The van der Waals surface area contributed by atoms with Crippen LogP contribution in [0.1, 0.15) is 15.9 Å². The van der Waals surface area contributed by atoms with E-state index in [9.17, 15) is 14.7 Å². The van der Waals surface area contributed by atoms with Crippen LogP contribution in [0.25, 0.3) is 23.0 Å². The number of thioether (sulfide) groups is 1. The van der Waals surface area contributed by atoms with Crippen LogP contribution in [0.15, 0.2) is 90.2 Å². The molecule has 166 valence electrons. The fraction of sp³-hybridized carbons (Fsp3) is 0. The van der Waals surface area contributed by atoms with Crippen LogP contribution in [0.5, 0.6) is 0 Å². The summed E-state index contributed by atoms with van der Waals surface area (Å²) in [6.45, 7) is 0. The van der Waals surface area contributed by atoms with E-state index >= 15 is 0 Å². The summed E-state index contributed by atoms with van der Waals surface area (Å²) in [6, 6.07) is 19.6. The Kier molecular flexibility index (Phi) is 5.79. The maximum Gasteiger partial charge on any atom is 0.335 e. The molecule has 1 aliphatic heterocycles. The number of benzene rings is 2. The lowest BCUT2D eigenvalue weighted by Crippen LogP contribution is -2.27. The van der Waals surface area contributed by atoms with Crippen molar-refractivity contribution in [3.8, 4) is 16.9 Å². The number of hydrogen-bond donors (Lipinski definition) is 1. The summed E-state index contributed by atoms with van der Waals surface area (Å²) in [5, 5.41) is 14.0. The highest BCUT2D eigenvalue weighted by Crippen LogP contribution is 2.37. The van der Waals surface area contributed by atoms with Gasteiger partial charge >= 0.3 is 5.97 Å². The summed E-state index contributed by atoms with van der Waals surface area (Å²) < 4.78 is 2.09. The summed E-state index contributed by atoms with van der Waals surface area (Å²) in [5.41, 5.74) is 3.60. The molecule has 1 saturated heterocycles. The smallest absolute Gasteiger partial charge is 0.335 e. The van der Waals surface area contributed by atoms with E-state index in [0.29, 0.717) is 20.6 Å². The van der Waals surface area contributed by atoms with E-state index in [2.05, 4.69) is 4.98 Å². The van der Waals surface area contributed by atoms with Gasteiger partial charge in [-0.1, -0.05) is 48.2 Å². The highest BCUT2D eigenvalue weighted by Gasteiger charge is 2.34. The van der Waals surface area contributed by atoms with E-state index in [1.807, 2.05) is 48.7 Å². The highest BCUT2D eigenvalue weighted by atomic mass is 32.2. The third kappa shape index (κ3) is 4.14. The average molecular weight is 485 g/mol. The number of aromatic carboxylic acids is 1. The van der Waals surface area contributed by atoms with Crippen LogP contribution >= 0.6 is 24.0 Å². The van der Waals surface area contributed by atoms with Crippen LogP contribution in [0.2, 0.25) is 0 Å². The third-order valence-electron chi connectivity index (χ3n) is 5.13. The number of anilines is 1. The first-order chi connectivity index (χ1) is 16.5. The number of carbonyl (C=O) groups is 2. The van der Waals surface area contributed by atoms with Crippen molar-refractivity contribution in [2.24, 2.45) is 0 Å². The number of hydrogen-bond acceptors (Lipinski definition) is 6. The van der Waals surface area contributed by atoms with E-state index in [4.69, 9.17) is 17.3 Å². The van der Waals surface area contributed by atoms with E-state index in [-0.39, 0.29) is 11.5 Å². The Labute approximate surface area is 204 Å². The zero-order valence-corrected chi connectivity index (χ0v) is 19.2. The molecule has 1 aliphatic rings. The van der Waals surface area contributed by atoms with Crippen molar-refractivity contribution in [3.05, 3.63) is 101 Å². The first-order valence-electron chi connectivity index (χ1n) is 10.2. The summed E-state index contributed by atoms with van der Waals surface area (Å²) >= 11 is 6.62. The van der Waals surface area contributed by atoms with Gasteiger partial charge in [0.15, 0.2) is 4.32 Å². The molecule has 0 radical (unpaired) electrons. The van der Waals surface area contributed by atoms with Gasteiger partial charge in [0.2, 0.25) is 0 Å². The van der Waals surface area contributed by atoms with Gasteiger partial charge in [-0.15, -0.1) is 0 Å². The summed E-state index contributed by atoms with van der Waals surface area (Å²) in [4.78, 5) is 30.6. The lowest BCUT2D eigenvalue weighted by atomic mass is 10.1. The van der Waals surface area contributed by atoms with E-state index < -0.39 is 5.97 Å². The zero-order valence-electron chi connectivity index (χ0n) is 17.5. The molecule has 1 N–H and O–H groups in total. The minimum atomic E-state index is -1.07. The van der Waals surface area contributed by atoms with Gasteiger partial charge in [-0.05, 0) is 48.5 Å². The Morgan fingerprint density at radius 1 is 1.03 bits per heavy atom. The predicted molar refractivity (Wildman–Crippen MR) is 136 cm³/mol. The Morgan fingerprint density at radius 2 is 1.82 bits per heavy atom. The summed E-state index contributed by atoms with van der Waals surface area (Å²) in [7, 11) is 0. The molecule has 2 aromatic heterocycles. The minimum absolute atomic E-state index is 0.0820. The number of carboxylic acids is 1. The molecule has 0 bridgehead atoms. The van der Waals surface area contributed by atoms with Gasteiger partial charge in [-0.2, -0.15) is 5.10 Å². The van der Waals surface area contributed by atoms with Crippen molar-refractivity contribution < 1.29 is 14.7 Å². The van der Waals surface area contributed by atoms with Crippen LogP contribution in [0, 0.1) is 0 Å². The molecule has 3 heterocycles. The van der Waals surface area contributed by atoms with Crippen LogP contribution in [-0.2, 0) is 4.79 Å². The second-order valence-electron chi connectivity index (χ2n) is 7.33. The molecule has 0 spiro atoms. The maximum atomic E-state index is 13.3. The monoisotopic (exact) mass is 484 g/mol. The molecular formula is C25H16N4O3S2. The highest BCUT2D eigenvalue weighted by molar-refractivity contribution is 8.27. The number of carbonyl (C=O) groups excluding carboxylic acids is 1. The molecule has 1 fully saturated rings. The van der Waals surface area contributed by atoms with Crippen molar-refractivity contribution in [2.45, 2.75) is 0 Å². The molecule has 0 saturated carbocycles. The standard InChI is InChI=1S/C25H16N4O3S2/c30-23-21(34-25(33)29(23)20-10-4-6-16(12-20)24(31)32)13-18-15-28(19-8-2-1-3-9-19)27-22(18)17-7-5-11-26-14-17/h1-15H,(H,31,32)/b21-13+. The van der Waals surface area contributed by atoms with Crippen molar-refractivity contribution in [2.75, 3.05) is 4.90 Å². The van der Waals surface area contributed by atoms with Gasteiger partial charge in [0.05, 0.1) is 21.8 Å². The summed E-state index contributed by atoms with van der Waals surface area (Å²) in [5.74, 6) is -1.39. The topological polar surface area (TPSA) is 88.3 Å². The van der Waals surface area contributed by atoms with Crippen molar-refractivity contribution >= 4 is 51.9 Å². The van der Waals surface area contributed by atoms with Gasteiger partial charge in [-0.3, -0.25) is 14.7 Å². The number of nitrogens with zero attached hydrogens (tertiary/aromatic N) is 4. The normalized spacial score (nSPS) is 14.7. The lowest BCUT2D eigenvalue weighted by molar-refractivity contribution is -0.113. The van der Waals surface area contributed by atoms with Gasteiger partial charge < -0.3 is 5.11 Å². The molecule has 7 nitrogen and oxygen atoms in total. The minimum Gasteiger partial charge on any atom is -0.478 e. The first kappa shape index (κ1) is 21.7. The predicted octanol–water partition coefficient (Wildman–Crippen LogP) is 5.04. The Hall–Kier alpha value is -4.08. The molecule has 1 amide bonds. The summed E-state index contributed by atoms with van der Waals surface area (Å²) in [6.07, 6.45) is 7.02. The average Bonchev–Trinajstić information content (AvgIpc) is 3.40. The number of thiocarbonyl (C=S) groups is 1. The van der Waals surface area contributed by atoms with Crippen molar-refractivity contribution in [1.29, 1.82) is 0 Å². The SMILES string of the molecule is O=C(O)c1cccc(N2C(=O)/C(=C\c3cn(-c4ccccc4)nc3-c3cccnc3)SC2=S)c1. The zero-order chi connectivity index (χ0) is 23.7. The molecule has 4 aromatic rings. The molecule has 2 aromatic carbocycles. The quantitative estimate of drug-likeness (QED) is 0.314. The van der Waals surface area contributed by atoms with E-state index in [1.54, 1.807) is 35.3 Å². The molecule has 34 heavy (non-hydrogen) atoms. The molecular weight excluding hydrogens is 468 g/mol. The Bertz CT molecular complexity index is 1450. The van der Waals surface area contributed by atoms with Crippen LogP contribution in [0.4, 0.5) is 5.69 Å². The van der Waals surface area contributed by atoms with Crippen molar-refractivity contribution in [1.82, 2.24) is 14.8 Å². The van der Waals surface area contributed by atoms with E-state index in [0.717, 1.165) is 28.6 Å². The van der Waals surface area contributed by atoms with Gasteiger partial charge in [-0.25, -0.2) is 9.48 Å². The fourth-order valence-corrected chi connectivity index (χ4v) is 4.83. The number of carboxylic acid groups (broad SMARTS) is 1. The fourth-order valence-electron chi connectivity index (χ4n) is 3.54. The second-order valence-corrected chi connectivity index (χ2v) is 9.00. The van der Waals surface area contributed by atoms with Crippen LogP contribution in [-0.4, -0.2) is 36.1 Å². The van der Waals surface area contributed by atoms with Crippen molar-refractivity contribution in [3.63, 3.8) is 0 Å². The molecule has 0 unspecified atom stereocenters. The van der Waals surface area contributed by atoms with Crippen LogP contribution in [0.3, 0.4) is 0 Å². The number of rotatable bonds is 5. The van der Waals surface area contributed by atoms with Gasteiger partial charge in [0, 0.05) is 29.7 Å². The Morgan fingerprint density at radius 3 is 2.56 bits per heavy atom. The Balaban J connectivity index is 1.56. The van der Waals surface area contributed by atoms with Gasteiger partial charge in [0.25, 0.3) is 5.91 Å². The number of para-hydroxylation sites is 1. The van der Waals surface area contributed by atoms with Gasteiger partial charge in [0.1, 0.15) is 5.69 Å². The van der Waals surface area contributed by atoms with Crippen LogP contribution < -0.4 is 4.90 Å². The van der Waals surface area contributed by atoms with E-state index in [1.165, 1.54) is 17.0 Å². The molecule has 5 rings (SSSR count). The molecule has 0 atom stereocenters. The lowest BCUT2D eigenvalue weighted by Gasteiger charge is -2.14. The number of amides is 1. The second kappa shape index (κ2) is 9.05. The largest absolute Gasteiger partial charge is 0.478 e. The molecule has 9 heteroatoms. The third-order valence-corrected chi connectivity index (χ3v) is 6.43. The number of aromatic nitrogens is 3. The number of pyridine rings is 1.